The lowest BCUT2D eigenvalue weighted by Crippen LogP contribution is -2.71. The van der Waals surface area contributed by atoms with Gasteiger partial charge in [-0.3, -0.25) is 24.1 Å². The minimum Gasteiger partial charge on any atom is -0.378 e. The van der Waals surface area contributed by atoms with Crippen molar-refractivity contribution in [2.75, 3.05) is 32.8 Å². The fourth-order valence-electron chi connectivity index (χ4n) is 8.00. The van der Waals surface area contributed by atoms with Gasteiger partial charge in [0, 0.05) is 55.9 Å². The van der Waals surface area contributed by atoms with Gasteiger partial charge in [0.05, 0.1) is 37.9 Å². The number of carbonyl (C=O) groups is 3. The summed E-state index contributed by atoms with van der Waals surface area (Å²) in [5, 5.41) is 6.57. The summed E-state index contributed by atoms with van der Waals surface area (Å²) in [6.45, 7) is 0.106. The molecule has 0 radical (unpaired) electrons. The predicted molar refractivity (Wildman–Crippen MR) is 163 cm³/mol. The lowest BCUT2D eigenvalue weighted by Gasteiger charge is -2.54. The monoisotopic (exact) mass is 756 g/mol. The molecule has 282 valence electrons. The van der Waals surface area contributed by atoms with Crippen LogP contribution in [0.3, 0.4) is 0 Å². The van der Waals surface area contributed by atoms with Crippen LogP contribution < -0.4 is 5.32 Å². The van der Waals surface area contributed by atoms with Crippen LogP contribution in [0.1, 0.15) is 42.0 Å². The van der Waals surface area contributed by atoms with E-state index in [9.17, 15) is 45.1 Å². The number of aromatic nitrogens is 2. The van der Waals surface area contributed by atoms with Gasteiger partial charge >= 0.3 is 12.2 Å². The highest BCUT2D eigenvalue weighted by Crippen LogP contribution is 2.58. The fraction of sp³-hybridized carbons (Fsp3) is 0.471. The summed E-state index contributed by atoms with van der Waals surface area (Å²) in [6.07, 6.45) is -7.35. The number of fused-ring (bicyclic) bond motifs is 2. The van der Waals surface area contributed by atoms with Gasteiger partial charge < -0.3 is 15.0 Å². The van der Waals surface area contributed by atoms with E-state index in [2.05, 4.69) is 15.3 Å². The summed E-state index contributed by atoms with van der Waals surface area (Å²) in [7, 11) is 0. The third-order valence-corrected chi connectivity index (χ3v) is 10.9. The van der Waals surface area contributed by atoms with Gasteiger partial charge in [0.2, 0.25) is 5.91 Å². The summed E-state index contributed by atoms with van der Waals surface area (Å²) < 4.78 is 138. The molecule has 0 unspecified atom stereocenters. The highest BCUT2D eigenvalue weighted by atomic mass is 19.4. The summed E-state index contributed by atoms with van der Waals surface area (Å²) >= 11 is 0. The number of halogens is 9. The molecular weight excluding hydrogens is 727 g/mol. The molecule has 3 aromatic rings. The van der Waals surface area contributed by atoms with E-state index in [1.807, 2.05) is 0 Å². The summed E-state index contributed by atoms with van der Waals surface area (Å²) in [4.78, 5) is 43.0. The standard InChI is InChI=1S/C34H29F9N6O4/c35-21-3-18(4-22(36)6-21)8-48(30(34(41,42)43)15-31(37,38)16-30)27(50)12-47-28(51)32(45-29(47)52)17-33(39,40)26-5-19(1-2-25(26)32)20-7-44-49(9-20)23-10-46(11-23)24-13-53-14-24/h1-7,9,23-24H,8,10-17H2,(H,45,52)/t32-/m0/s1. The number of nitrogens with one attached hydrogen (secondary N) is 1. The predicted octanol–water partition coefficient (Wildman–Crippen LogP) is 5.09. The molecule has 19 heteroatoms. The lowest BCUT2D eigenvalue weighted by molar-refractivity contribution is -0.307. The molecule has 3 saturated heterocycles. The maximum atomic E-state index is 15.7. The van der Waals surface area contributed by atoms with E-state index in [4.69, 9.17) is 4.74 Å². The lowest BCUT2D eigenvalue weighted by atomic mass is 9.71. The van der Waals surface area contributed by atoms with Crippen LogP contribution in [0.25, 0.3) is 11.1 Å². The van der Waals surface area contributed by atoms with Crippen molar-refractivity contribution in [3.8, 4) is 11.1 Å². The average molecular weight is 757 g/mol. The highest BCUT2D eigenvalue weighted by molar-refractivity contribution is 6.10. The maximum Gasteiger partial charge on any atom is 0.412 e. The Balaban J connectivity index is 1.05. The molecule has 3 aliphatic heterocycles. The Hall–Kier alpha value is -4.65. The van der Waals surface area contributed by atoms with Crippen molar-refractivity contribution in [2.24, 2.45) is 0 Å². The van der Waals surface area contributed by atoms with Gasteiger partial charge in [-0.2, -0.15) is 18.3 Å². The first-order chi connectivity index (χ1) is 24.8. The van der Waals surface area contributed by atoms with Crippen molar-refractivity contribution in [3.05, 3.63) is 77.1 Å². The molecule has 53 heavy (non-hydrogen) atoms. The molecule has 8 rings (SSSR count). The van der Waals surface area contributed by atoms with Crippen LogP contribution in [0.15, 0.2) is 48.8 Å². The molecule has 4 amide bonds. The third-order valence-electron chi connectivity index (χ3n) is 10.9. The van der Waals surface area contributed by atoms with Crippen LogP contribution in [-0.2, 0) is 32.3 Å². The van der Waals surface area contributed by atoms with Crippen LogP contribution in [0.5, 0.6) is 0 Å². The molecule has 1 spiro atoms. The molecule has 1 atom stereocenters. The van der Waals surface area contributed by atoms with Gasteiger partial charge in [-0.15, -0.1) is 0 Å². The molecule has 1 saturated carbocycles. The molecule has 10 nitrogen and oxygen atoms in total. The zero-order valence-corrected chi connectivity index (χ0v) is 27.4. The van der Waals surface area contributed by atoms with E-state index in [1.165, 1.54) is 18.3 Å². The Labute approximate surface area is 294 Å². The fourth-order valence-corrected chi connectivity index (χ4v) is 8.00. The SMILES string of the molecule is O=C1N[C@]2(CC(F)(F)c3cc(-c4cnn(C5CN(C6COC6)C5)c4)ccc32)C(=O)N1CC(=O)N(Cc1cc(F)cc(F)c1)C1(C(F)(F)F)CC(F)(F)C1. The third kappa shape index (κ3) is 5.64. The number of ether oxygens (including phenoxy) is 1. The minimum atomic E-state index is -5.49. The van der Waals surface area contributed by atoms with Crippen molar-refractivity contribution in [3.63, 3.8) is 0 Å². The topological polar surface area (TPSA) is 100 Å². The number of carbonyl (C=O) groups excluding carboxylic acids is 3. The van der Waals surface area contributed by atoms with Crippen molar-refractivity contribution >= 4 is 17.8 Å². The Morgan fingerprint density at radius 2 is 1.60 bits per heavy atom. The molecule has 0 bridgehead atoms. The van der Waals surface area contributed by atoms with Gasteiger partial charge in [-0.1, -0.05) is 12.1 Å². The molecule has 2 aromatic carbocycles. The van der Waals surface area contributed by atoms with Gasteiger partial charge in [-0.25, -0.2) is 31.1 Å². The Morgan fingerprint density at radius 1 is 0.925 bits per heavy atom. The van der Waals surface area contributed by atoms with Crippen LogP contribution in [0, 0.1) is 11.6 Å². The smallest absolute Gasteiger partial charge is 0.378 e. The zero-order valence-electron chi connectivity index (χ0n) is 27.4. The normalized spacial score (nSPS) is 24.8. The van der Waals surface area contributed by atoms with E-state index < -0.39 is 102 Å². The van der Waals surface area contributed by atoms with Crippen molar-refractivity contribution in [1.82, 2.24) is 29.8 Å². The van der Waals surface area contributed by atoms with Crippen LogP contribution in [0.4, 0.5) is 44.3 Å². The van der Waals surface area contributed by atoms with Crippen molar-refractivity contribution < 1.29 is 58.6 Å². The number of rotatable bonds is 8. The second-order valence-electron chi connectivity index (χ2n) is 14.4. The molecular formula is C34H29F9N6O4. The Kier molecular flexibility index (Phi) is 7.79. The number of imide groups is 1. The van der Waals surface area contributed by atoms with E-state index >= 15 is 8.78 Å². The van der Waals surface area contributed by atoms with Crippen LogP contribution >= 0.6 is 0 Å². The number of hydrogen-bond donors (Lipinski definition) is 1. The van der Waals surface area contributed by atoms with Crippen molar-refractivity contribution in [2.45, 2.75) is 67.0 Å². The molecule has 1 aromatic heterocycles. The maximum absolute atomic E-state index is 15.7. The van der Waals surface area contributed by atoms with Crippen molar-refractivity contribution in [1.29, 1.82) is 0 Å². The van der Waals surface area contributed by atoms with Gasteiger partial charge in [-0.05, 0) is 34.9 Å². The molecule has 2 aliphatic carbocycles. The number of amides is 4. The minimum absolute atomic E-state index is 0.0706. The quantitative estimate of drug-likeness (QED) is 0.254. The van der Waals surface area contributed by atoms with E-state index in [1.54, 1.807) is 10.9 Å². The first-order valence-corrected chi connectivity index (χ1v) is 16.5. The number of likely N-dealkylation sites (tertiary alicyclic amines) is 1. The Morgan fingerprint density at radius 3 is 2.21 bits per heavy atom. The number of alkyl halides is 7. The average Bonchev–Trinajstić information content (AvgIpc) is 3.63. The van der Waals surface area contributed by atoms with Gasteiger partial charge in [0.25, 0.3) is 17.8 Å². The summed E-state index contributed by atoms with van der Waals surface area (Å²) in [5.41, 5.74) is -6.56. The summed E-state index contributed by atoms with van der Waals surface area (Å²) in [6, 6.07) is 4.44. The van der Waals surface area contributed by atoms with Gasteiger partial charge in [0.15, 0.2) is 5.54 Å². The number of nitrogens with zero attached hydrogens (tertiary/aromatic N) is 5. The zero-order chi connectivity index (χ0) is 37.9. The van der Waals surface area contributed by atoms with E-state index in [-0.39, 0.29) is 21.4 Å². The second-order valence-corrected chi connectivity index (χ2v) is 14.4. The molecule has 5 aliphatic rings. The van der Waals surface area contributed by atoms with E-state index in [0.717, 1.165) is 19.2 Å². The molecule has 1 N–H and O–H groups in total. The first-order valence-electron chi connectivity index (χ1n) is 16.5. The van der Waals surface area contributed by atoms with Gasteiger partial charge in [0.1, 0.15) is 23.7 Å². The first kappa shape index (κ1) is 35.4. The highest BCUT2D eigenvalue weighted by Gasteiger charge is 2.73. The Bertz CT molecular complexity index is 2000. The molecule has 4 fully saturated rings. The number of benzene rings is 2. The second kappa shape index (κ2) is 11.7. The van der Waals surface area contributed by atoms with Crippen LogP contribution in [-0.4, -0.2) is 98.9 Å². The van der Waals surface area contributed by atoms with Crippen LogP contribution in [0.2, 0.25) is 0 Å². The largest absolute Gasteiger partial charge is 0.412 e. The number of urea groups is 1. The summed E-state index contributed by atoms with van der Waals surface area (Å²) in [5.74, 6) is -13.1. The molecule has 4 heterocycles. The number of hydrogen-bond acceptors (Lipinski definition) is 6. The van der Waals surface area contributed by atoms with E-state index in [0.29, 0.717) is 48.6 Å².